The van der Waals surface area contributed by atoms with Gasteiger partial charge in [-0.1, -0.05) is 19.8 Å². The number of methoxy groups -OCH3 is 2. The van der Waals surface area contributed by atoms with Gasteiger partial charge >= 0.3 is 0 Å². The lowest BCUT2D eigenvalue weighted by Crippen LogP contribution is -2.32. The monoisotopic (exact) mass is 263 g/mol. The molecular formula is C16H25NO2. The summed E-state index contributed by atoms with van der Waals surface area (Å²) in [5.41, 5.74) is 1.58. The Kier molecular flexibility index (Phi) is 4.35. The molecule has 3 nitrogen and oxygen atoms in total. The van der Waals surface area contributed by atoms with Crippen LogP contribution in [0.2, 0.25) is 0 Å². The quantitative estimate of drug-likeness (QED) is 0.881. The van der Waals surface area contributed by atoms with Crippen molar-refractivity contribution in [1.82, 2.24) is 5.32 Å². The van der Waals surface area contributed by atoms with Crippen LogP contribution in [0.5, 0.6) is 11.5 Å². The van der Waals surface area contributed by atoms with E-state index in [1.54, 1.807) is 14.2 Å². The van der Waals surface area contributed by atoms with Gasteiger partial charge in [0, 0.05) is 12.1 Å². The molecule has 1 fully saturated rings. The lowest BCUT2D eigenvalue weighted by atomic mass is 9.77. The van der Waals surface area contributed by atoms with Crippen LogP contribution in [0, 0.1) is 5.41 Å². The summed E-state index contributed by atoms with van der Waals surface area (Å²) < 4.78 is 10.8. The highest BCUT2D eigenvalue weighted by Gasteiger charge is 2.37. The van der Waals surface area contributed by atoms with E-state index in [2.05, 4.69) is 24.4 Å². The van der Waals surface area contributed by atoms with Crippen molar-refractivity contribution in [2.45, 2.75) is 38.6 Å². The van der Waals surface area contributed by atoms with Gasteiger partial charge in [-0.3, -0.25) is 0 Å². The smallest absolute Gasteiger partial charge is 0.122 e. The molecule has 2 rings (SSSR count). The first-order valence-electron chi connectivity index (χ1n) is 7.03. The lowest BCUT2D eigenvalue weighted by molar-refractivity contribution is 0.233. The van der Waals surface area contributed by atoms with Crippen LogP contribution >= 0.6 is 0 Å². The van der Waals surface area contributed by atoms with Gasteiger partial charge < -0.3 is 14.8 Å². The zero-order chi connectivity index (χ0) is 13.9. The van der Waals surface area contributed by atoms with E-state index >= 15 is 0 Å². The van der Waals surface area contributed by atoms with Gasteiger partial charge in [-0.25, -0.2) is 0 Å². The van der Waals surface area contributed by atoms with Crippen molar-refractivity contribution in [3.63, 3.8) is 0 Å². The van der Waals surface area contributed by atoms with E-state index in [9.17, 15) is 0 Å². The average Bonchev–Trinajstić information content (AvgIpc) is 2.86. The molecule has 0 radical (unpaired) electrons. The Morgan fingerprint density at radius 2 is 1.58 bits per heavy atom. The summed E-state index contributed by atoms with van der Waals surface area (Å²) in [4.78, 5) is 0. The predicted octanol–water partition coefficient (Wildman–Crippen LogP) is 3.54. The van der Waals surface area contributed by atoms with Gasteiger partial charge in [0.05, 0.1) is 14.2 Å². The molecule has 1 atom stereocenters. The molecular weight excluding hydrogens is 238 g/mol. The maximum Gasteiger partial charge on any atom is 0.122 e. The van der Waals surface area contributed by atoms with Crippen LogP contribution in [-0.4, -0.2) is 21.3 Å². The molecule has 0 spiro atoms. The number of hydrogen-bond donors (Lipinski definition) is 1. The third-order valence-electron chi connectivity index (χ3n) is 4.44. The fourth-order valence-electron chi connectivity index (χ4n) is 3.38. The molecule has 3 heteroatoms. The van der Waals surface area contributed by atoms with Gasteiger partial charge in [-0.2, -0.15) is 0 Å². The Bertz CT molecular complexity index is 403. The molecule has 0 saturated heterocycles. The largest absolute Gasteiger partial charge is 0.497 e. The van der Waals surface area contributed by atoms with Crippen molar-refractivity contribution in [2.24, 2.45) is 5.41 Å². The molecule has 1 unspecified atom stereocenters. The van der Waals surface area contributed by atoms with Gasteiger partial charge in [-0.05, 0) is 43.0 Å². The van der Waals surface area contributed by atoms with Gasteiger partial charge in [0.25, 0.3) is 0 Å². The van der Waals surface area contributed by atoms with Crippen molar-refractivity contribution >= 4 is 0 Å². The molecule has 1 aliphatic rings. The number of rotatable bonds is 5. The van der Waals surface area contributed by atoms with Crippen molar-refractivity contribution in [2.75, 3.05) is 21.3 Å². The van der Waals surface area contributed by atoms with Crippen LogP contribution in [0.15, 0.2) is 18.2 Å². The number of hydrogen-bond acceptors (Lipinski definition) is 3. The highest BCUT2D eigenvalue weighted by molar-refractivity contribution is 5.40. The van der Waals surface area contributed by atoms with Crippen LogP contribution < -0.4 is 14.8 Å². The van der Waals surface area contributed by atoms with E-state index in [1.807, 2.05) is 13.1 Å². The first-order valence-corrected chi connectivity index (χ1v) is 7.03. The van der Waals surface area contributed by atoms with Crippen molar-refractivity contribution in [3.05, 3.63) is 23.8 Å². The summed E-state index contributed by atoms with van der Waals surface area (Å²) >= 11 is 0. The molecule has 0 bridgehead atoms. The molecule has 1 aromatic carbocycles. The summed E-state index contributed by atoms with van der Waals surface area (Å²) in [5, 5.41) is 3.49. The fourth-order valence-corrected chi connectivity index (χ4v) is 3.38. The summed E-state index contributed by atoms with van der Waals surface area (Å²) in [6.07, 6.45) is 5.21. The van der Waals surface area contributed by atoms with Crippen LogP contribution in [0.1, 0.15) is 44.2 Å². The second kappa shape index (κ2) is 5.83. The number of benzene rings is 1. The molecule has 106 valence electrons. The third-order valence-corrected chi connectivity index (χ3v) is 4.44. The highest BCUT2D eigenvalue weighted by atomic mass is 16.5. The molecule has 0 amide bonds. The zero-order valence-electron chi connectivity index (χ0n) is 12.5. The molecule has 1 aliphatic carbocycles. The summed E-state index contributed by atoms with van der Waals surface area (Å²) in [6.45, 7) is 2.38. The summed E-state index contributed by atoms with van der Waals surface area (Å²) in [6, 6.07) is 6.51. The molecule has 19 heavy (non-hydrogen) atoms. The van der Waals surface area contributed by atoms with Crippen molar-refractivity contribution in [1.29, 1.82) is 0 Å². The van der Waals surface area contributed by atoms with E-state index in [1.165, 1.54) is 31.2 Å². The average molecular weight is 263 g/mol. The van der Waals surface area contributed by atoms with Crippen LogP contribution in [-0.2, 0) is 0 Å². The van der Waals surface area contributed by atoms with Gasteiger partial charge in [0.15, 0.2) is 0 Å². The van der Waals surface area contributed by atoms with Gasteiger partial charge in [0.2, 0.25) is 0 Å². The lowest BCUT2D eigenvalue weighted by Gasteiger charge is -2.34. The van der Waals surface area contributed by atoms with Crippen LogP contribution in [0.3, 0.4) is 0 Å². The first-order chi connectivity index (χ1) is 9.12. The zero-order valence-corrected chi connectivity index (χ0v) is 12.5. The first kappa shape index (κ1) is 14.2. The van der Waals surface area contributed by atoms with Crippen LogP contribution in [0.4, 0.5) is 0 Å². The molecule has 0 heterocycles. The SMILES string of the molecule is CNC(c1cc(OC)cc(OC)c1)C1(C)CCCC1. The Morgan fingerprint density at radius 1 is 1.05 bits per heavy atom. The molecule has 1 saturated carbocycles. The van der Waals surface area contributed by atoms with Crippen molar-refractivity contribution in [3.8, 4) is 11.5 Å². The van der Waals surface area contributed by atoms with Gasteiger partial charge in [0.1, 0.15) is 11.5 Å². The molecule has 0 aliphatic heterocycles. The molecule has 1 N–H and O–H groups in total. The highest BCUT2D eigenvalue weighted by Crippen LogP contribution is 2.47. The minimum Gasteiger partial charge on any atom is -0.497 e. The minimum absolute atomic E-state index is 0.326. The van der Waals surface area contributed by atoms with E-state index in [0.29, 0.717) is 11.5 Å². The maximum absolute atomic E-state index is 5.38. The number of nitrogens with one attached hydrogen (secondary N) is 1. The minimum atomic E-state index is 0.326. The third kappa shape index (κ3) is 2.86. The fraction of sp³-hybridized carbons (Fsp3) is 0.625. The topological polar surface area (TPSA) is 30.5 Å². The molecule has 1 aromatic rings. The second-order valence-electron chi connectivity index (χ2n) is 5.73. The van der Waals surface area contributed by atoms with Crippen LogP contribution in [0.25, 0.3) is 0 Å². The Balaban J connectivity index is 2.36. The number of ether oxygens (including phenoxy) is 2. The van der Waals surface area contributed by atoms with E-state index in [0.717, 1.165) is 11.5 Å². The Hall–Kier alpha value is -1.22. The Labute approximate surface area is 116 Å². The summed E-state index contributed by atoms with van der Waals surface area (Å²) in [5.74, 6) is 1.72. The molecule has 0 aromatic heterocycles. The maximum atomic E-state index is 5.38. The predicted molar refractivity (Wildman–Crippen MR) is 77.9 cm³/mol. The van der Waals surface area contributed by atoms with Crippen molar-refractivity contribution < 1.29 is 9.47 Å². The summed E-state index contributed by atoms with van der Waals surface area (Å²) in [7, 11) is 5.44. The van der Waals surface area contributed by atoms with E-state index < -0.39 is 0 Å². The second-order valence-corrected chi connectivity index (χ2v) is 5.73. The van der Waals surface area contributed by atoms with Gasteiger partial charge in [-0.15, -0.1) is 0 Å². The van der Waals surface area contributed by atoms with E-state index in [-0.39, 0.29) is 0 Å². The normalized spacial score (nSPS) is 19.2. The van der Waals surface area contributed by atoms with E-state index in [4.69, 9.17) is 9.47 Å². The standard InChI is InChI=1S/C16H25NO2/c1-16(7-5-6-8-16)15(17-2)12-9-13(18-3)11-14(10-12)19-4/h9-11,15,17H,5-8H2,1-4H3. The Morgan fingerprint density at radius 3 is 2.00 bits per heavy atom.